The second kappa shape index (κ2) is 7.68. The molecule has 11 heteroatoms. The Morgan fingerprint density at radius 3 is 2.36 bits per heavy atom. The summed E-state index contributed by atoms with van der Waals surface area (Å²) in [5.41, 5.74) is 0.571. The number of hydrogen-bond acceptors (Lipinski definition) is 5. The van der Waals surface area contributed by atoms with E-state index < -0.39 is 33.7 Å². The molecule has 6 nitrogen and oxygen atoms in total. The van der Waals surface area contributed by atoms with Crippen molar-refractivity contribution in [3.05, 3.63) is 71.4 Å². The van der Waals surface area contributed by atoms with E-state index in [1.54, 1.807) is 30.3 Å². The van der Waals surface area contributed by atoms with Gasteiger partial charge in [0.05, 0.1) is 11.3 Å². The third kappa shape index (κ3) is 4.93. The molecule has 0 spiro atoms. The highest BCUT2D eigenvalue weighted by atomic mass is 32.2. The zero-order chi connectivity index (χ0) is 20.4. The minimum atomic E-state index is -4.83. The normalized spacial score (nSPS) is 12.3. The maximum Gasteiger partial charge on any atom is 0.471 e. The van der Waals surface area contributed by atoms with E-state index in [1.165, 1.54) is 6.07 Å². The van der Waals surface area contributed by atoms with Gasteiger partial charge < -0.3 is 4.52 Å². The van der Waals surface area contributed by atoms with E-state index in [9.17, 15) is 26.0 Å². The Kier molecular flexibility index (Phi) is 5.47. The summed E-state index contributed by atoms with van der Waals surface area (Å²) in [6.07, 6.45) is -4.83. The first-order chi connectivity index (χ1) is 13.1. The molecule has 0 saturated carbocycles. The summed E-state index contributed by atoms with van der Waals surface area (Å²) in [6, 6.07) is 12.0. The van der Waals surface area contributed by atoms with Gasteiger partial charge in [-0.15, -0.1) is 0 Å². The summed E-state index contributed by atoms with van der Waals surface area (Å²) >= 11 is 0. The highest BCUT2D eigenvalue weighted by Gasteiger charge is 2.38. The van der Waals surface area contributed by atoms with Gasteiger partial charge in [0.25, 0.3) is 0 Å². The van der Waals surface area contributed by atoms with Crippen molar-refractivity contribution in [2.24, 2.45) is 0 Å². The Balaban J connectivity index is 1.70. The molecule has 3 aromatic rings. The van der Waals surface area contributed by atoms with E-state index in [2.05, 4.69) is 19.4 Å². The molecule has 2 aromatic carbocycles. The smallest absolute Gasteiger partial charge is 0.329 e. The molecule has 1 N–H and O–H groups in total. The van der Waals surface area contributed by atoms with E-state index in [1.807, 2.05) is 0 Å². The van der Waals surface area contributed by atoms with Gasteiger partial charge in [-0.3, -0.25) is 0 Å². The number of halogens is 4. The van der Waals surface area contributed by atoms with E-state index in [-0.39, 0.29) is 23.4 Å². The average Bonchev–Trinajstić information content (AvgIpc) is 3.11. The Morgan fingerprint density at radius 2 is 1.75 bits per heavy atom. The fraction of sp³-hybridized carbons (Fsp3) is 0.176. The number of aromatic nitrogens is 2. The van der Waals surface area contributed by atoms with Crippen LogP contribution in [0.1, 0.15) is 17.0 Å². The molecule has 1 aromatic heterocycles. The Hall–Kier alpha value is -2.79. The fourth-order valence-corrected chi connectivity index (χ4v) is 3.46. The molecule has 0 atom stereocenters. The van der Waals surface area contributed by atoms with Crippen LogP contribution in [0, 0.1) is 5.82 Å². The van der Waals surface area contributed by atoms with Gasteiger partial charge in [-0.25, -0.2) is 17.5 Å². The van der Waals surface area contributed by atoms with Crippen molar-refractivity contribution in [1.29, 1.82) is 0 Å². The van der Waals surface area contributed by atoms with Crippen LogP contribution in [-0.2, 0) is 28.5 Å². The first-order valence-corrected chi connectivity index (χ1v) is 9.50. The molecule has 0 saturated heterocycles. The second-order valence-electron chi connectivity index (χ2n) is 5.80. The predicted octanol–water partition coefficient (Wildman–Crippen LogP) is 3.51. The van der Waals surface area contributed by atoms with E-state index in [0.717, 1.165) is 12.1 Å². The number of hydrogen-bond donors (Lipinski definition) is 1. The van der Waals surface area contributed by atoms with E-state index in [0.29, 0.717) is 5.56 Å². The van der Waals surface area contributed by atoms with E-state index in [4.69, 9.17) is 0 Å². The molecule has 1 heterocycles. The van der Waals surface area contributed by atoms with Crippen LogP contribution in [0.25, 0.3) is 11.4 Å². The maximum atomic E-state index is 14.2. The van der Waals surface area contributed by atoms with Crippen molar-refractivity contribution in [2.75, 3.05) is 0 Å². The van der Waals surface area contributed by atoms with Crippen LogP contribution in [0.2, 0.25) is 0 Å². The quantitative estimate of drug-likeness (QED) is 0.623. The van der Waals surface area contributed by atoms with Crippen LogP contribution in [0.4, 0.5) is 17.6 Å². The van der Waals surface area contributed by atoms with Gasteiger partial charge in [0.1, 0.15) is 5.82 Å². The lowest BCUT2D eigenvalue weighted by atomic mass is 10.1. The second-order valence-corrected chi connectivity index (χ2v) is 7.61. The maximum absolute atomic E-state index is 14.2. The minimum Gasteiger partial charge on any atom is -0.329 e. The molecule has 0 aliphatic heterocycles. The van der Waals surface area contributed by atoms with Gasteiger partial charge in [0, 0.05) is 6.54 Å². The van der Waals surface area contributed by atoms with E-state index >= 15 is 0 Å². The molecule has 28 heavy (non-hydrogen) atoms. The fourth-order valence-electron chi connectivity index (χ4n) is 2.34. The van der Waals surface area contributed by atoms with Crippen molar-refractivity contribution in [3.8, 4) is 11.4 Å². The highest BCUT2D eigenvalue weighted by molar-refractivity contribution is 7.88. The third-order valence-corrected chi connectivity index (χ3v) is 4.94. The lowest BCUT2D eigenvalue weighted by Gasteiger charge is -2.08. The van der Waals surface area contributed by atoms with Crippen LogP contribution < -0.4 is 4.72 Å². The van der Waals surface area contributed by atoms with Crippen LogP contribution in [-0.4, -0.2) is 18.6 Å². The molecule has 0 aliphatic carbocycles. The van der Waals surface area contributed by atoms with Crippen molar-refractivity contribution in [2.45, 2.75) is 18.5 Å². The summed E-state index contributed by atoms with van der Waals surface area (Å²) < 4.78 is 82.3. The van der Waals surface area contributed by atoms with Crippen LogP contribution in [0.3, 0.4) is 0 Å². The minimum absolute atomic E-state index is 0.188. The summed E-state index contributed by atoms with van der Waals surface area (Å²) in [5, 5.41) is 3.12. The van der Waals surface area contributed by atoms with Gasteiger partial charge in [-0.05, 0) is 23.3 Å². The topological polar surface area (TPSA) is 85.1 Å². The first kappa shape index (κ1) is 20.0. The Morgan fingerprint density at radius 1 is 1.04 bits per heavy atom. The zero-order valence-electron chi connectivity index (χ0n) is 14.1. The standard InChI is InChI=1S/C17H13F4N3O3S/c18-14-8-12(9-22-28(25,26)10-11-4-2-1-3-5-11)6-7-13(14)15-23-16(27-24-15)17(19,20)21/h1-8,22H,9-10H2. The van der Waals surface area contributed by atoms with Crippen molar-refractivity contribution >= 4 is 10.0 Å². The number of nitrogens with one attached hydrogen (secondary N) is 1. The van der Waals surface area contributed by atoms with Gasteiger partial charge in [0.15, 0.2) is 0 Å². The number of rotatable bonds is 6. The molecule has 0 unspecified atom stereocenters. The molecular weight excluding hydrogens is 402 g/mol. The summed E-state index contributed by atoms with van der Waals surface area (Å²) in [5.74, 6) is -3.28. The van der Waals surface area contributed by atoms with Crippen molar-refractivity contribution in [1.82, 2.24) is 14.9 Å². The Labute approximate surface area is 157 Å². The predicted molar refractivity (Wildman–Crippen MR) is 90.6 cm³/mol. The van der Waals surface area contributed by atoms with Crippen molar-refractivity contribution < 1.29 is 30.5 Å². The number of nitrogens with zero attached hydrogens (tertiary/aromatic N) is 2. The molecular formula is C17H13F4N3O3S. The monoisotopic (exact) mass is 415 g/mol. The van der Waals surface area contributed by atoms with Gasteiger partial charge >= 0.3 is 12.1 Å². The SMILES string of the molecule is O=S(=O)(Cc1ccccc1)NCc1ccc(-c2noc(C(F)(F)F)n2)c(F)c1. The average molecular weight is 415 g/mol. The summed E-state index contributed by atoms with van der Waals surface area (Å²) in [7, 11) is -3.66. The lowest BCUT2D eigenvalue weighted by molar-refractivity contribution is -0.159. The molecule has 0 amide bonds. The number of benzene rings is 2. The number of alkyl halides is 3. The van der Waals surface area contributed by atoms with Crippen molar-refractivity contribution in [3.63, 3.8) is 0 Å². The molecule has 0 bridgehead atoms. The van der Waals surface area contributed by atoms with Crippen LogP contribution >= 0.6 is 0 Å². The zero-order valence-corrected chi connectivity index (χ0v) is 14.9. The molecule has 148 valence electrons. The molecule has 3 rings (SSSR count). The molecule has 0 aliphatic rings. The first-order valence-electron chi connectivity index (χ1n) is 7.85. The van der Waals surface area contributed by atoms with Gasteiger partial charge in [0.2, 0.25) is 15.8 Å². The highest BCUT2D eigenvalue weighted by Crippen LogP contribution is 2.30. The Bertz CT molecular complexity index is 1070. The third-order valence-electron chi connectivity index (χ3n) is 3.64. The van der Waals surface area contributed by atoms with Gasteiger partial charge in [-0.1, -0.05) is 41.6 Å². The van der Waals surface area contributed by atoms with Crippen LogP contribution in [0.15, 0.2) is 53.1 Å². The lowest BCUT2D eigenvalue weighted by Crippen LogP contribution is -2.24. The summed E-state index contributed by atoms with van der Waals surface area (Å²) in [6.45, 7) is -0.188. The molecule has 0 fully saturated rings. The number of sulfonamides is 1. The van der Waals surface area contributed by atoms with Crippen LogP contribution in [0.5, 0.6) is 0 Å². The molecule has 0 radical (unpaired) electrons. The summed E-state index contributed by atoms with van der Waals surface area (Å²) in [4.78, 5) is 3.12. The largest absolute Gasteiger partial charge is 0.471 e. The van der Waals surface area contributed by atoms with Gasteiger partial charge in [-0.2, -0.15) is 18.2 Å².